The van der Waals surface area contributed by atoms with E-state index in [1.807, 2.05) is 0 Å². The predicted molar refractivity (Wildman–Crippen MR) is 87.9 cm³/mol. The fourth-order valence-electron chi connectivity index (χ4n) is 2.97. The predicted octanol–water partition coefficient (Wildman–Crippen LogP) is 3.11. The average molecular weight is 379 g/mol. The number of amides is 1. The third-order valence-electron chi connectivity index (χ3n) is 4.45. The summed E-state index contributed by atoms with van der Waals surface area (Å²) in [7, 11) is 0. The highest BCUT2D eigenvalue weighted by Crippen LogP contribution is 2.40. The summed E-state index contributed by atoms with van der Waals surface area (Å²) in [6.45, 7) is 2.09. The van der Waals surface area contributed by atoms with Crippen LogP contribution in [0.15, 0.2) is 22.9 Å². The molecule has 1 aliphatic rings. The maximum Gasteiger partial charge on any atom is 0.420 e. The van der Waals surface area contributed by atoms with E-state index in [9.17, 15) is 18.0 Å². The number of aromatic nitrogens is 4. The summed E-state index contributed by atoms with van der Waals surface area (Å²) in [6.07, 6.45) is -0.479. The van der Waals surface area contributed by atoms with Gasteiger partial charge in [0.25, 0.3) is 5.91 Å². The third kappa shape index (κ3) is 3.26. The summed E-state index contributed by atoms with van der Waals surface area (Å²) in [6, 6.07) is 2.48. The molecule has 10 heteroatoms. The third-order valence-corrected chi connectivity index (χ3v) is 4.45. The Balaban J connectivity index is 1.81. The van der Waals surface area contributed by atoms with Gasteiger partial charge in [-0.3, -0.25) is 9.20 Å². The maximum absolute atomic E-state index is 13.8. The van der Waals surface area contributed by atoms with E-state index in [4.69, 9.17) is 4.52 Å². The molecule has 1 aliphatic carbocycles. The number of hydrogen-bond acceptors (Lipinski definition) is 5. The second-order valence-corrected chi connectivity index (χ2v) is 6.50. The first-order valence-electron chi connectivity index (χ1n) is 8.57. The number of nitrogens with one attached hydrogen (secondary N) is 1. The molecule has 3 aromatic rings. The van der Waals surface area contributed by atoms with E-state index >= 15 is 0 Å². The smallest absolute Gasteiger partial charge is 0.355 e. The molecule has 0 saturated heterocycles. The molecule has 142 valence electrons. The second kappa shape index (κ2) is 6.36. The minimum absolute atomic E-state index is 0.0873. The van der Waals surface area contributed by atoms with Gasteiger partial charge in [0.15, 0.2) is 17.1 Å². The SMILES string of the molecule is CCNC(=O)c1cc(-c2ccn3c(CC4CC4)nnc3c2C(F)(F)F)on1. The quantitative estimate of drug-likeness (QED) is 0.736. The Kier molecular flexibility index (Phi) is 4.12. The minimum Gasteiger partial charge on any atom is -0.355 e. The zero-order valence-electron chi connectivity index (χ0n) is 14.4. The van der Waals surface area contributed by atoms with Crippen molar-refractivity contribution >= 4 is 11.6 Å². The molecule has 1 N–H and O–H groups in total. The van der Waals surface area contributed by atoms with Crippen LogP contribution in [0.3, 0.4) is 0 Å². The highest BCUT2D eigenvalue weighted by molar-refractivity contribution is 5.93. The van der Waals surface area contributed by atoms with Crippen LogP contribution >= 0.6 is 0 Å². The zero-order valence-corrected chi connectivity index (χ0v) is 14.4. The van der Waals surface area contributed by atoms with Gasteiger partial charge in [-0.2, -0.15) is 13.2 Å². The number of hydrogen-bond donors (Lipinski definition) is 1. The van der Waals surface area contributed by atoms with E-state index in [-0.39, 0.29) is 22.7 Å². The fourth-order valence-corrected chi connectivity index (χ4v) is 2.97. The molecule has 1 saturated carbocycles. The summed E-state index contributed by atoms with van der Waals surface area (Å²) in [5.41, 5.74) is -1.57. The van der Waals surface area contributed by atoms with Crippen LogP contribution in [0.2, 0.25) is 0 Å². The van der Waals surface area contributed by atoms with Crippen LogP contribution in [0.4, 0.5) is 13.2 Å². The van der Waals surface area contributed by atoms with E-state index in [0.29, 0.717) is 24.7 Å². The van der Waals surface area contributed by atoms with Gasteiger partial charge in [-0.1, -0.05) is 5.16 Å². The van der Waals surface area contributed by atoms with Crippen molar-refractivity contribution in [1.29, 1.82) is 0 Å². The maximum atomic E-state index is 13.8. The number of carbonyl (C=O) groups is 1. The van der Waals surface area contributed by atoms with Gasteiger partial charge in [0, 0.05) is 30.8 Å². The highest BCUT2D eigenvalue weighted by Gasteiger charge is 2.39. The second-order valence-electron chi connectivity index (χ2n) is 6.50. The molecule has 3 heterocycles. The number of alkyl halides is 3. The van der Waals surface area contributed by atoms with E-state index < -0.39 is 17.6 Å². The number of rotatable bonds is 5. The number of carbonyl (C=O) groups excluding carboxylic acids is 1. The van der Waals surface area contributed by atoms with Crippen LogP contribution < -0.4 is 5.32 Å². The molecule has 0 unspecified atom stereocenters. The van der Waals surface area contributed by atoms with Crippen LogP contribution in [0.1, 0.15) is 41.6 Å². The fraction of sp³-hybridized carbons (Fsp3) is 0.412. The van der Waals surface area contributed by atoms with Gasteiger partial charge in [0.05, 0.1) is 0 Å². The molecule has 7 nitrogen and oxygen atoms in total. The molecule has 0 aliphatic heterocycles. The van der Waals surface area contributed by atoms with Gasteiger partial charge in [0.1, 0.15) is 11.4 Å². The number of halogens is 3. The molecular formula is C17H16F3N5O2. The van der Waals surface area contributed by atoms with Crippen molar-refractivity contribution in [1.82, 2.24) is 25.1 Å². The summed E-state index contributed by atoms with van der Waals surface area (Å²) < 4.78 is 47.8. The first-order chi connectivity index (χ1) is 12.9. The first-order valence-corrected chi connectivity index (χ1v) is 8.57. The average Bonchev–Trinajstić information content (AvgIpc) is 3.14. The molecule has 27 heavy (non-hydrogen) atoms. The molecule has 0 aromatic carbocycles. The highest BCUT2D eigenvalue weighted by atomic mass is 19.4. The van der Waals surface area contributed by atoms with Crippen LogP contribution in [0.5, 0.6) is 0 Å². The zero-order chi connectivity index (χ0) is 19.2. The molecule has 3 aromatic heterocycles. The van der Waals surface area contributed by atoms with Crippen molar-refractivity contribution in [3.05, 3.63) is 35.4 Å². The summed E-state index contributed by atoms with van der Waals surface area (Å²) >= 11 is 0. The van der Waals surface area contributed by atoms with E-state index in [2.05, 4.69) is 20.7 Å². The Morgan fingerprint density at radius 1 is 1.37 bits per heavy atom. The van der Waals surface area contributed by atoms with Gasteiger partial charge in [-0.05, 0) is 31.7 Å². The van der Waals surface area contributed by atoms with Crippen molar-refractivity contribution in [2.75, 3.05) is 6.54 Å². The summed E-state index contributed by atoms with van der Waals surface area (Å²) in [5, 5.41) is 13.8. The van der Waals surface area contributed by atoms with Crippen molar-refractivity contribution in [3.63, 3.8) is 0 Å². The van der Waals surface area contributed by atoms with Crippen molar-refractivity contribution in [2.24, 2.45) is 5.92 Å². The topological polar surface area (TPSA) is 85.3 Å². The van der Waals surface area contributed by atoms with Gasteiger partial charge >= 0.3 is 6.18 Å². The van der Waals surface area contributed by atoms with E-state index in [1.54, 1.807) is 6.92 Å². The Labute approximate surface area is 151 Å². The lowest BCUT2D eigenvalue weighted by atomic mass is 10.1. The van der Waals surface area contributed by atoms with E-state index in [1.165, 1.54) is 22.7 Å². The van der Waals surface area contributed by atoms with Crippen molar-refractivity contribution in [3.8, 4) is 11.3 Å². The summed E-state index contributed by atoms with van der Waals surface area (Å²) in [5.74, 6) is 0.291. The largest absolute Gasteiger partial charge is 0.420 e. The van der Waals surface area contributed by atoms with Gasteiger partial charge in [0.2, 0.25) is 0 Å². The molecule has 0 atom stereocenters. The monoisotopic (exact) mass is 379 g/mol. The van der Waals surface area contributed by atoms with Crippen LogP contribution in [-0.2, 0) is 12.6 Å². The Morgan fingerprint density at radius 2 is 2.15 bits per heavy atom. The summed E-state index contributed by atoms with van der Waals surface area (Å²) in [4.78, 5) is 11.8. The standard InChI is InChI=1S/C17H16F3N5O2/c1-2-21-16(26)11-8-12(27-24-11)10-5-6-25-13(7-9-3-4-9)22-23-15(25)14(10)17(18,19)20/h5-6,8-9H,2-4,7H2,1H3,(H,21,26). The molecule has 0 spiro atoms. The van der Waals surface area contributed by atoms with Crippen LogP contribution in [0, 0.1) is 5.92 Å². The number of pyridine rings is 1. The van der Waals surface area contributed by atoms with E-state index in [0.717, 1.165) is 12.8 Å². The van der Waals surface area contributed by atoms with Gasteiger partial charge in [-0.15, -0.1) is 10.2 Å². The van der Waals surface area contributed by atoms with Crippen LogP contribution in [-0.4, -0.2) is 32.2 Å². The van der Waals surface area contributed by atoms with Crippen molar-refractivity contribution < 1.29 is 22.5 Å². The van der Waals surface area contributed by atoms with Gasteiger partial charge < -0.3 is 9.84 Å². The van der Waals surface area contributed by atoms with Gasteiger partial charge in [-0.25, -0.2) is 0 Å². The Bertz CT molecular complexity index is 1000. The first kappa shape index (κ1) is 17.5. The van der Waals surface area contributed by atoms with Crippen LogP contribution in [0.25, 0.3) is 17.0 Å². The Morgan fingerprint density at radius 3 is 2.81 bits per heavy atom. The number of nitrogens with zero attached hydrogens (tertiary/aromatic N) is 4. The number of fused-ring (bicyclic) bond motifs is 1. The normalized spacial score (nSPS) is 14.7. The minimum atomic E-state index is -4.68. The molecule has 4 rings (SSSR count). The molecular weight excluding hydrogens is 363 g/mol. The lowest BCUT2D eigenvalue weighted by molar-refractivity contribution is -0.136. The Hall–Kier alpha value is -2.91. The molecule has 1 fully saturated rings. The lowest BCUT2D eigenvalue weighted by Gasteiger charge is -2.12. The molecule has 0 radical (unpaired) electrons. The molecule has 0 bridgehead atoms. The van der Waals surface area contributed by atoms with Crippen molar-refractivity contribution in [2.45, 2.75) is 32.4 Å². The molecule has 1 amide bonds. The lowest BCUT2D eigenvalue weighted by Crippen LogP contribution is -2.22.